The molecule has 31 heavy (non-hydrogen) atoms. The lowest BCUT2D eigenvalue weighted by atomic mass is 10.00. The number of carbonyl (C=O) groups excluding carboxylic acids is 1. The summed E-state index contributed by atoms with van der Waals surface area (Å²) in [4.78, 5) is 18.8. The maximum atomic E-state index is 12.6. The van der Waals surface area contributed by atoms with Crippen molar-refractivity contribution in [1.29, 1.82) is 0 Å². The number of nitrogens with zero attached hydrogens (tertiary/aromatic N) is 2. The van der Waals surface area contributed by atoms with Gasteiger partial charge in [-0.15, -0.1) is 0 Å². The van der Waals surface area contributed by atoms with Crippen LogP contribution in [0.2, 0.25) is 0 Å². The smallest absolute Gasteiger partial charge is 0.262 e. The number of amides is 1. The molecular formula is C23H26N4O3S. The molecule has 0 fully saturated rings. The van der Waals surface area contributed by atoms with Crippen molar-refractivity contribution < 1.29 is 13.2 Å². The fourth-order valence-corrected chi connectivity index (χ4v) is 4.89. The molecule has 8 heteroatoms. The quantitative estimate of drug-likeness (QED) is 0.726. The van der Waals surface area contributed by atoms with Gasteiger partial charge in [0.15, 0.2) is 0 Å². The molecule has 162 valence electrons. The minimum atomic E-state index is -3.71. The molecule has 2 N–H and O–H groups in total. The molecule has 0 radical (unpaired) electrons. The summed E-state index contributed by atoms with van der Waals surface area (Å²) in [5.41, 5.74) is 2.98. The molecule has 0 aromatic heterocycles. The van der Waals surface area contributed by atoms with E-state index >= 15 is 0 Å². The van der Waals surface area contributed by atoms with Gasteiger partial charge in [0.25, 0.3) is 10.0 Å². The topological polar surface area (TPSA) is 90.9 Å². The maximum Gasteiger partial charge on any atom is 0.262 e. The number of hydrogen-bond acceptors (Lipinski definition) is 5. The summed E-state index contributed by atoms with van der Waals surface area (Å²) >= 11 is 0. The Balaban J connectivity index is 1.34. The maximum absolute atomic E-state index is 12.6. The molecule has 0 saturated heterocycles. The zero-order valence-electron chi connectivity index (χ0n) is 17.3. The molecule has 0 spiro atoms. The predicted molar refractivity (Wildman–Crippen MR) is 122 cm³/mol. The minimum absolute atomic E-state index is 0.105. The van der Waals surface area contributed by atoms with E-state index < -0.39 is 10.0 Å². The Hall–Kier alpha value is -2.97. The van der Waals surface area contributed by atoms with Crippen LogP contribution in [0.25, 0.3) is 5.57 Å². The van der Waals surface area contributed by atoms with Crippen LogP contribution < -0.4 is 10.0 Å². The van der Waals surface area contributed by atoms with Crippen molar-refractivity contribution in [3.8, 4) is 0 Å². The molecule has 2 aliphatic heterocycles. The number of sulfonamides is 1. The predicted octanol–water partition coefficient (Wildman–Crippen LogP) is 2.89. The number of anilines is 1. The zero-order chi connectivity index (χ0) is 21.7. The average Bonchev–Trinajstić information content (AvgIpc) is 3.27. The van der Waals surface area contributed by atoms with Crippen molar-refractivity contribution >= 4 is 33.0 Å². The van der Waals surface area contributed by atoms with E-state index in [-0.39, 0.29) is 17.3 Å². The Morgan fingerprint density at radius 2 is 1.90 bits per heavy atom. The Kier molecular flexibility index (Phi) is 6.48. The van der Waals surface area contributed by atoms with Crippen LogP contribution in [-0.2, 0) is 14.8 Å². The van der Waals surface area contributed by atoms with E-state index in [1.165, 1.54) is 23.3 Å². The summed E-state index contributed by atoms with van der Waals surface area (Å²) in [6, 6.07) is 16.6. The van der Waals surface area contributed by atoms with Gasteiger partial charge in [0, 0.05) is 31.7 Å². The average molecular weight is 439 g/mol. The highest BCUT2D eigenvalue weighted by Crippen LogP contribution is 2.22. The molecule has 2 aliphatic rings. The Bertz CT molecular complexity index is 1110. The van der Waals surface area contributed by atoms with Crippen molar-refractivity contribution in [1.82, 2.24) is 9.62 Å². The van der Waals surface area contributed by atoms with Gasteiger partial charge in [0.1, 0.15) is 5.84 Å². The highest BCUT2D eigenvalue weighted by Gasteiger charge is 2.20. The Morgan fingerprint density at radius 3 is 2.61 bits per heavy atom. The largest absolute Gasteiger partial charge is 0.325 e. The monoisotopic (exact) mass is 438 g/mol. The van der Waals surface area contributed by atoms with E-state index in [0.29, 0.717) is 31.0 Å². The van der Waals surface area contributed by atoms with Gasteiger partial charge in [-0.2, -0.15) is 0 Å². The fourth-order valence-electron chi connectivity index (χ4n) is 3.75. The van der Waals surface area contributed by atoms with Crippen LogP contribution in [0.1, 0.15) is 24.8 Å². The second kappa shape index (κ2) is 9.45. The summed E-state index contributed by atoms with van der Waals surface area (Å²) in [5, 5.41) is 2.81. The van der Waals surface area contributed by atoms with E-state index in [1.807, 2.05) is 18.2 Å². The summed E-state index contributed by atoms with van der Waals surface area (Å²) in [6.45, 7) is 2.41. The van der Waals surface area contributed by atoms with Gasteiger partial charge in [-0.1, -0.05) is 42.5 Å². The molecule has 0 unspecified atom stereocenters. The number of hydrogen-bond donors (Lipinski definition) is 2. The second-order valence-corrected chi connectivity index (χ2v) is 9.38. The third-order valence-corrected chi connectivity index (χ3v) is 6.74. The molecule has 7 nitrogen and oxygen atoms in total. The van der Waals surface area contributed by atoms with Crippen LogP contribution >= 0.6 is 0 Å². The zero-order valence-corrected chi connectivity index (χ0v) is 18.1. The van der Waals surface area contributed by atoms with Crippen molar-refractivity contribution in [3.63, 3.8) is 0 Å². The van der Waals surface area contributed by atoms with E-state index in [2.05, 4.69) is 38.1 Å². The summed E-state index contributed by atoms with van der Waals surface area (Å²) in [7, 11) is -3.71. The van der Waals surface area contributed by atoms with Crippen LogP contribution in [0.15, 0.2) is 70.6 Å². The molecule has 4 rings (SSSR count). The summed E-state index contributed by atoms with van der Waals surface area (Å²) in [6.07, 6.45) is 4.54. The van der Waals surface area contributed by atoms with Gasteiger partial charge in [0.2, 0.25) is 5.91 Å². The van der Waals surface area contributed by atoms with E-state index in [4.69, 9.17) is 0 Å². The number of benzene rings is 2. The third-order valence-electron chi connectivity index (χ3n) is 5.36. The number of aliphatic imine (C=N–C) groups is 1. The fraction of sp³-hybridized carbons (Fsp3) is 0.304. The summed E-state index contributed by atoms with van der Waals surface area (Å²) < 4.78 is 27.7. The molecule has 0 bridgehead atoms. The van der Waals surface area contributed by atoms with Crippen LogP contribution in [0.3, 0.4) is 0 Å². The number of carbonyl (C=O) groups is 1. The van der Waals surface area contributed by atoms with Crippen LogP contribution in [-0.4, -0.2) is 51.2 Å². The van der Waals surface area contributed by atoms with Crippen molar-refractivity contribution in [2.24, 2.45) is 4.99 Å². The van der Waals surface area contributed by atoms with Gasteiger partial charge in [-0.3, -0.25) is 19.4 Å². The van der Waals surface area contributed by atoms with Gasteiger partial charge < -0.3 is 5.32 Å². The standard InChI is InChI=1S/C23H26N4O3S/c28-23(17-27-14-11-19(12-15-27)18-6-2-1-3-7-18)25-20-8-4-9-21(16-20)31(29,30)26-22-10-5-13-24-22/h1-4,6-9,11,16H,5,10,12-15,17H2,(H,24,26)(H,25,28). The van der Waals surface area contributed by atoms with Gasteiger partial charge in [-0.25, -0.2) is 8.42 Å². The highest BCUT2D eigenvalue weighted by molar-refractivity contribution is 7.90. The number of rotatable bonds is 6. The second-order valence-electron chi connectivity index (χ2n) is 7.69. The van der Waals surface area contributed by atoms with Crippen LogP contribution in [0.5, 0.6) is 0 Å². The van der Waals surface area contributed by atoms with E-state index in [1.54, 1.807) is 12.1 Å². The SMILES string of the molecule is O=C(CN1CC=C(c2ccccc2)CC1)Nc1cccc(S(=O)(=O)NC2=NCCC2)c1. The molecule has 1 amide bonds. The first-order valence-electron chi connectivity index (χ1n) is 10.4. The van der Waals surface area contributed by atoms with Crippen molar-refractivity contribution in [2.75, 3.05) is 31.5 Å². The first kappa shape index (κ1) is 21.3. The lowest BCUT2D eigenvalue weighted by Crippen LogP contribution is -2.36. The molecular weight excluding hydrogens is 412 g/mol. The molecule has 2 heterocycles. The van der Waals surface area contributed by atoms with E-state index in [9.17, 15) is 13.2 Å². The lowest BCUT2D eigenvalue weighted by Gasteiger charge is -2.26. The first-order valence-corrected chi connectivity index (χ1v) is 11.9. The number of nitrogens with one attached hydrogen (secondary N) is 2. The van der Waals surface area contributed by atoms with Gasteiger partial charge in [0.05, 0.1) is 11.4 Å². The van der Waals surface area contributed by atoms with Crippen LogP contribution in [0.4, 0.5) is 5.69 Å². The highest BCUT2D eigenvalue weighted by atomic mass is 32.2. The molecule has 2 aromatic rings. The molecule has 0 saturated carbocycles. The molecule has 0 atom stereocenters. The Morgan fingerprint density at radius 1 is 1.06 bits per heavy atom. The minimum Gasteiger partial charge on any atom is -0.325 e. The number of amidine groups is 1. The van der Waals surface area contributed by atoms with Crippen molar-refractivity contribution in [2.45, 2.75) is 24.2 Å². The van der Waals surface area contributed by atoms with E-state index in [0.717, 1.165) is 19.4 Å². The lowest BCUT2D eigenvalue weighted by molar-refractivity contribution is -0.117. The molecule has 2 aromatic carbocycles. The summed E-state index contributed by atoms with van der Waals surface area (Å²) in [5.74, 6) is 0.321. The van der Waals surface area contributed by atoms with Gasteiger partial charge >= 0.3 is 0 Å². The Labute approximate surface area is 182 Å². The first-order chi connectivity index (χ1) is 15.0. The molecule has 0 aliphatic carbocycles. The van der Waals surface area contributed by atoms with Gasteiger partial charge in [-0.05, 0) is 42.2 Å². The normalized spacial score (nSPS) is 17.0. The van der Waals surface area contributed by atoms with Crippen LogP contribution in [0, 0.1) is 0 Å². The van der Waals surface area contributed by atoms with Crippen molar-refractivity contribution in [3.05, 3.63) is 66.2 Å². The third kappa shape index (κ3) is 5.59.